The molecule has 0 saturated carbocycles. The van der Waals surface area contributed by atoms with Crippen LogP contribution < -0.4 is 20.3 Å². The van der Waals surface area contributed by atoms with Crippen LogP contribution in [0.1, 0.15) is 43.8 Å². The van der Waals surface area contributed by atoms with E-state index in [1.165, 1.54) is 0 Å². The van der Waals surface area contributed by atoms with Gasteiger partial charge in [0.1, 0.15) is 23.9 Å². The Morgan fingerprint density at radius 1 is 1.07 bits per heavy atom. The average Bonchev–Trinajstić information content (AvgIpc) is 2.67. The number of nitrogens with two attached hydrogens (primary N) is 1. The highest BCUT2D eigenvalue weighted by atomic mass is 16.5. The van der Waals surface area contributed by atoms with Crippen LogP contribution in [0.4, 0.5) is 0 Å². The Kier molecular flexibility index (Phi) is 6.31. The van der Waals surface area contributed by atoms with Crippen LogP contribution in [0, 0.1) is 6.92 Å². The molecule has 148 valence electrons. The molecular formula is C22H28N3O3+. The summed E-state index contributed by atoms with van der Waals surface area (Å²) in [5, 5.41) is 2.17. The van der Waals surface area contributed by atoms with Gasteiger partial charge in [-0.05, 0) is 58.0 Å². The van der Waals surface area contributed by atoms with Crippen LogP contribution in [0.2, 0.25) is 0 Å². The molecule has 2 N–H and O–H groups in total. The van der Waals surface area contributed by atoms with E-state index >= 15 is 0 Å². The Bertz CT molecular complexity index is 1010. The summed E-state index contributed by atoms with van der Waals surface area (Å²) in [4.78, 5) is 17.1. The lowest BCUT2D eigenvalue weighted by Crippen LogP contribution is -2.83. The fraction of sp³-hybridized carbons (Fsp3) is 0.364. The molecule has 1 aromatic carbocycles. The van der Waals surface area contributed by atoms with Crippen molar-refractivity contribution in [2.45, 2.75) is 40.3 Å². The number of nitrogens with zero attached hydrogens (tertiary/aromatic N) is 2. The van der Waals surface area contributed by atoms with E-state index in [1.54, 1.807) is 10.5 Å². The maximum atomic E-state index is 12.4. The third kappa shape index (κ3) is 4.34. The number of hydrogen-bond acceptors (Lipinski definition) is 4. The van der Waals surface area contributed by atoms with Gasteiger partial charge in [-0.3, -0.25) is 9.20 Å². The molecule has 3 rings (SSSR count). The standard InChI is InChI=1S/C22H27N3O3/c1-5-27-19-11-10-17(12-20(19)28-6-2)16(4)23-14-18-13-22(26)25-15(3)8-7-9-21(25)24-18/h7-13,16,23H,5-6,14H2,1-4H3/p+1/t16-/m1/s1. The molecule has 0 aliphatic heterocycles. The van der Waals surface area contributed by atoms with E-state index in [-0.39, 0.29) is 11.6 Å². The molecule has 0 aliphatic rings. The van der Waals surface area contributed by atoms with Crippen LogP contribution in [0.15, 0.2) is 47.3 Å². The third-order valence-electron chi connectivity index (χ3n) is 4.71. The summed E-state index contributed by atoms with van der Waals surface area (Å²) >= 11 is 0. The van der Waals surface area contributed by atoms with Gasteiger partial charge in [-0.25, -0.2) is 4.98 Å². The van der Waals surface area contributed by atoms with Gasteiger partial charge in [0.2, 0.25) is 0 Å². The fourth-order valence-electron chi connectivity index (χ4n) is 3.25. The van der Waals surface area contributed by atoms with Crippen LogP contribution in [-0.4, -0.2) is 22.6 Å². The van der Waals surface area contributed by atoms with Gasteiger partial charge in [0.15, 0.2) is 11.5 Å². The lowest BCUT2D eigenvalue weighted by Gasteiger charge is -2.15. The first-order chi connectivity index (χ1) is 13.5. The molecule has 3 aromatic rings. The molecule has 0 unspecified atom stereocenters. The van der Waals surface area contributed by atoms with Crippen molar-refractivity contribution >= 4 is 5.65 Å². The predicted octanol–water partition coefficient (Wildman–Crippen LogP) is 2.62. The Morgan fingerprint density at radius 3 is 2.57 bits per heavy atom. The number of rotatable bonds is 8. The van der Waals surface area contributed by atoms with E-state index in [4.69, 9.17) is 9.47 Å². The zero-order chi connectivity index (χ0) is 20.1. The topological polar surface area (TPSA) is 69.4 Å². The minimum Gasteiger partial charge on any atom is -0.490 e. The first-order valence-corrected chi connectivity index (χ1v) is 9.74. The molecule has 1 atom stereocenters. The van der Waals surface area contributed by atoms with Gasteiger partial charge in [-0.15, -0.1) is 0 Å². The van der Waals surface area contributed by atoms with Crippen molar-refractivity contribution in [3.63, 3.8) is 0 Å². The minimum absolute atomic E-state index is 0.0427. The van der Waals surface area contributed by atoms with Gasteiger partial charge in [-0.2, -0.15) is 0 Å². The van der Waals surface area contributed by atoms with Gasteiger partial charge < -0.3 is 14.8 Å². The molecule has 0 aliphatic carbocycles. The maximum absolute atomic E-state index is 12.4. The van der Waals surface area contributed by atoms with Crippen molar-refractivity contribution < 1.29 is 14.8 Å². The average molecular weight is 382 g/mol. The van der Waals surface area contributed by atoms with Crippen LogP contribution in [0.3, 0.4) is 0 Å². The lowest BCUT2D eigenvalue weighted by molar-refractivity contribution is -0.708. The zero-order valence-corrected chi connectivity index (χ0v) is 16.9. The minimum atomic E-state index is -0.0427. The van der Waals surface area contributed by atoms with Crippen LogP contribution in [-0.2, 0) is 6.54 Å². The first kappa shape index (κ1) is 19.9. The molecule has 0 radical (unpaired) electrons. The number of hydrogen-bond donors (Lipinski definition) is 1. The van der Waals surface area contributed by atoms with Crippen LogP contribution >= 0.6 is 0 Å². The van der Waals surface area contributed by atoms with Gasteiger partial charge in [0.25, 0.3) is 5.56 Å². The molecule has 2 heterocycles. The molecule has 0 amide bonds. The van der Waals surface area contributed by atoms with Gasteiger partial charge >= 0.3 is 0 Å². The highest BCUT2D eigenvalue weighted by Crippen LogP contribution is 2.30. The molecular weight excluding hydrogens is 354 g/mol. The number of ether oxygens (including phenoxy) is 2. The summed E-state index contributed by atoms with van der Waals surface area (Å²) in [7, 11) is 0. The quantitative estimate of drug-likeness (QED) is 0.650. The first-order valence-electron chi connectivity index (χ1n) is 9.74. The summed E-state index contributed by atoms with van der Waals surface area (Å²) in [5.41, 5.74) is 3.44. The SMILES string of the molecule is CCOc1ccc([C@@H](C)[NH2+]Cc2cc(=O)n3c(C)cccc3n2)cc1OCC. The van der Waals surface area contributed by atoms with Crippen molar-refractivity contribution in [2.24, 2.45) is 0 Å². The second-order valence-electron chi connectivity index (χ2n) is 6.75. The number of quaternary nitrogens is 1. The molecule has 6 heteroatoms. The van der Waals surface area contributed by atoms with Crippen molar-refractivity contribution in [1.29, 1.82) is 0 Å². The summed E-state index contributed by atoms with van der Waals surface area (Å²) in [6.07, 6.45) is 0. The Labute approximate surface area is 165 Å². The van der Waals surface area contributed by atoms with Gasteiger partial charge in [0.05, 0.1) is 13.2 Å². The number of aryl methyl sites for hydroxylation is 1. The fourth-order valence-corrected chi connectivity index (χ4v) is 3.25. The maximum Gasteiger partial charge on any atom is 0.258 e. The number of benzene rings is 1. The molecule has 0 fully saturated rings. The lowest BCUT2D eigenvalue weighted by atomic mass is 10.1. The number of fused-ring (bicyclic) bond motifs is 1. The smallest absolute Gasteiger partial charge is 0.258 e. The Morgan fingerprint density at radius 2 is 1.82 bits per heavy atom. The zero-order valence-electron chi connectivity index (χ0n) is 16.9. The second kappa shape index (κ2) is 8.89. The predicted molar refractivity (Wildman–Crippen MR) is 109 cm³/mol. The third-order valence-corrected chi connectivity index (χ3v) is 4.71. The van der Waals surface area contributed by atoms with Crippen molar-refractivity contribution in [3.8, 4) is 11.5 Å². The van der Waals surface area contributed by atoms with E-state index in [9.17, 15) is 4.79 Å². The number of aromatic nitrogens is 2. The summed E-state index contributed by atoms with van der Waals surface area (Å²) in [6, 6.07) is 13.5. The van der Waals surface area contributed by atoms with Crippen LogP contribution in [0.25, 0.3) is 5.65 Å². The van der Waals surface area contributed by atoms with Gasteiger partial charge in [0, 0.05) is 17.3 Å². The summed E-state index contributed by atoms with van der Waals surface area (Å²) < 4.78 is 13.0. The highest BCUT2D eigenvalue weighted by Gasteiger charge is 2.14. The summed E-state index contributed by atoms with van der Waals surface area (Å²) in [6.45, 7) is 9.77. The molecule has 0 saturated heterocycles. The van der Waals surface area contributed by atoms with Crippen molar-refractivity contribution in [2.75, 3.05) is 13.2 Å². The molecule has 2 aromatic heterocycles. The van der Waals surface area contributed by atoms with E-state index in [0.29, 0.717) is 25.4 Å². The van der Waals surface area contributed by atoms with E-state index in [2.05, 4.69) is 23.3 Å². The molecule has 28 heavy (non-hydrogen) atoms. The van der Waals surface area contributed by atoms with Crippen molar-refractivity contribution in [3.05, 3.63) is 69.8 Å². The van der Waals surface area contributed by atoms with E-state index in [0.717, 1.165) is 28.5 Å². The van der Waals surface area contributed by atoms with Crippen LogP contribution in [0.5, 0.6) is 11.5 Å². The monoisotopic (exact) mass is 382 g/mol. The normalized spacial score (nSPS) is 12.1. The van der Waals surface area contributed by atoms with Gasteiger partial charge in [-0.1, -0.05) is 6.07 Å². The Hall–Kier alpha value is -2.86. The van der Waals surface area contributed by atoms with E-state index in [1.807, 2.05) is 51.1 Å². The molecule has 0 bridgehead atoms. The Balaban J connectivity index is 1.77. The largest absolute Gasteiger partial charge is 0.490 e. The molecule has 0 spiro atoms. The van der Waals surface area contributed by atoms with Crippen molar-refractivity contribution in [1.82, 2.24) is 9.38 Å². The van der Waals surface area contributed by atoms with E-state index < -0.39 is 0 Å². The highest BCUT2D eigenvalue weighted by molar-refractivity contribution is 5.43. The second-order valence-corrected chi connectivity index (χ2v) is 6.75. The molecule has 6 nitrogen and oxygen atoms in total. The summed E-state index contributed by atoms with van der Waals surface area (Å²) in [5.74, 6) is 1.53. The number of pyridine rings is 1.